The third kappa shape index (κ3) is 2.23. The minimum atomic E-state index is -0.317. The molecule has 0 fully saturated rings. The molecule has 0 saturated carbocycles. The lowest BCUT2D eigenvalue weighted by molar-refractivity contribution is 0.631. The maximum absolute atomic E-state index is 14.3. The number of anilines is 1. The first-order valence-corrected chi connectivity index (χ1v) is 7.14. The predicted octanol–water partition coefficient (Wildman–Crippen LogP) is 4.15. The largest absolute Gasteiger partial charge is 0.324 e. The Morgan fingerprint density at radius 1 is 1.20 bits per heavy atom. The van der Waals surface area contributed by atoms with Crippen LogP contribution in [0.2, 0.25) is 5.02 Å². The Bertz CT molecular complexity index is 703. The molecule has 2 N–H and O–H groups in total. The van der Waals surface area contributed by atoms with Crippen LogP contribution in [0.15, 0.2) is 46.3 Å². The van der Waals surface area contributed by atoms with Crippen molar-refractivity contribution >= 4 is 35.2 Å². The number of benzene rings is 2. The number of fused-ring (bicyclic) bond motifs is 1. The molecule has 0 aromatic heterocycles. The van der Waals surface area contributed by atoms with E-state index in [2.05, 4.69) is 15.0 Å². The van der Waals surface area contributed by atoms with Crippen molar-refractivity contribution in [1.82, 2.24) is 4.72 Å². The van der Waals surface area contributed by atoms with Crippen LogP contribution in [0, 0.1) is 5.82 Å². The van der Waals surface area contributed by atoms with Gasteiger partial charge in [0.2, 0.25) is 5.96 Å². The molecular weight excluding hydrogens is 297 g/mol. The van der Waals surface area contributed by atoms with Crippen molar-refractivity contribution in [3.63, 3.8) is 0 Å². The molecular formula is C14H11ClFN3S. The SMILES string of the molecule is CN=C1NSc2ccc(F)c(-c3ccccc3Cl)c2N1. The van der Waals surface area contributed by atoms with Crippen molar-refractivity contribution < 1.29 is 4.39 Å². The summed E-state index contributed by atoms with van der Waals surface area (Å²) in [7, 11) is 1.66. The number of halogens is 2. The van der Waals surface area contributed by atoms with Gasteiger partial charge in [-0.25, -0.2) is 4.39 Å². The summed E-state index contributed by atoms with van der Waals surface area (Å²) < 4.78 is 17.3. The predicted molar refractivity (Wildman–Crippen MR) is 82.8 cm³/mol. The number of nitrogens with zero attached hydrogens (tertiary/aromatic N) is 1. The van der Waals surface area contributed by atoms with Gasteiger partial charge in [0.1, 0.15) is 5.82 Å². The summed E-state index contributed by atoms with van der Waals surface area (Å²) in [6.45, 7) is 0. The lowest BCUT2D eigenvalue weighted by atomic mass is 10.0. The van der Waals surface area contributed by atoms with Crippen LogP contribution < -0.4 is 10.0 Å². The summed E-state index contributed by atoms with van der Waals surface area (Å²) >= 11 is 7.59. The van der Waals surface area contributed by atoms with Crippen molar-refractivity contribution in [3.8, 4) is 11.1 Å². The van der Waals surface area contributed by atoms with Crippen LogP contribution in [0.1, 0.15) is 0 Å². The first-order chi connectivity index (χ1) is 9.70. The smallest absolute Gasteiger partial charge is 0.206 e. The summed E-state index contributed by atoms with van der Waals surface area (Å²) in [5, 5.41) is 3.62. The molecule has 0 amide bonds. The third-order valence-electron chi connectivity index (χ3n) is 2.98. The van der Waals surface area contributed by atoms with E-state index in [1.807, 2.05) is 12.1 Å². The number of hydrogen-bond acceptors (Lipinski definition) is 2. The molecule has 3 rings (SSSR count). The maximum Gasteiger partial charge on any atom is 0.206 e. The highest BCUT2D eigenvalue weighted by Gasteiger charge is 2.22. The molecule has 0 saturated heterocycles. The van der Waals surface area contributed by atoms with Gasteiger partial charge in [0.15, 0.2) is 0 Å². The van der Waals surface area contributed by atoms with Crippen LogP contribution in [0.5, 0.6) is 0 Å². The standard InChI is InChI=1S/C14H11ClFN3S/c1-17-14-18-13-11(20-19-14)7-6-10(16)12(13)8-4-2-3-5-9(8)15/h2-7H,1H3,(H2,17,18,19). The first-order valence-electron chi connectivity index (χ1n) is 5.95. The zero-order valence-corrected chi connectivity index (χ0v) is 12.1. The van der Waals surface area contributed by atoms with Gasteiger partial charge >= 0.3 is 0 Å². The molecule has 1 aliphatic heterocycles. The van der Waals surface area contributed by atoms with E-state index in [0.717, 1.165) is 4.90 Å². The van der Waals surface area contributed by atoms with Gasteiger partial charge in [0.25, 0.3) is 0 Å². The molecule has 3 nitrogen and oxygen atoms in total. The van der Waals surface area contributed by atoms with E-state index in [9.17, 15) is 4.39 Å². The monoisotopic (exact) mass is 307 g/mol. The van der Waals surface area contributed by atoms with E-state index >= 15 is 0 Å². The zero-order valence-electron chi connectivity index (χ0n) is 10.6. The molecule has 1 heterocycles. The van der Waals surface area contributed by atoms with Crippen LogP contribution in [-0.4, -0.2) is 13.0 Å². The fourth-order valence-electron chi connectivity index (χ4n) is 2.04. The fourth-order valence-corrected chi connectivity index (χ4v) is 3.01. The van der Waals surface area contributed by atoms with Crippen molar-refractivity contribution in [2.75, 3.05) is 12.4 Å². The number of hydrogen-bond donors (Lipinski definition) is 2. The maximum atomic E-state index is 14.3. The van der Waals surface area contributed by atoms with Gasteiger partial charge in [0, 0.05) is 23.2 Å². The first kappa shape index (κ1) is 13.3. The second-order valence-corrected chi connectivity index (χ2v) is 5.43. The summed E-state index contributed by atoms with van der Waals surface area (Å²) in [5.74, 6) is 0.267. The second kappa shape index (κ2) is 5.34. The average molecular weight is 308 g/mol. The number of aliphatic imine (C=N–C) groups is 1. The van der Waals surface area contributed by atoms with E-state index in [1.165, 1.54) is 18.0 Å². The lowest BCUT2D eigenvalue weighted by Gasteiger charge is -2.23. The summed E-state index contributed by atoms with van der Waals surface area (Å²) in [6, 6.07) is 10.4. The Morgan fingerprint density at radius 3 is 2.75 bits per heavy atom. The Hall–Kier alpha value is -1.72. The van der Waals surface area contributed by atoms with Gasteiger partial charge < -0.3 is 5.32 Å². The summed E-state index contributed by atoms with van der Waals surface area (Å²) in [5.41, 5.74) is 1.81. The molecule has 0 atom stereocenters. The molecule has 0 aliphatic carbocycles. The Kier molecular flexibility index (Phi) is 3.54. The third-order valence-corrected chi connectivity index (χ3v) is 4.17. The van der Waals surface area contributed by atoms with Gasteiger partial charge in [-0.05, 0) is 30.1 Å². The van der Waals surface area contributed by atoms with Gasteiger partial charge in [-0.15, -0.1) is 0 Å². The van der Waals surface area contributed by atoms with Gasteiger partial charge in [-0.1, -0.05) is 29.8 Å². The van der Waals surface area contributed by atoms with E-state index < -0.39 is 0 Å². The minimum absolute atomic E-state index is 0.317. The number of rotatable bonds is 1. The number of guanidine groups is 1. The highest BCUT2D eigenvalue weighted by Crippen LogP contribution is 2.41. The van der Waals surface area contributed by atoms with Crippen LogP contribution >= 0.6 is 23.5 Å². The quantitative estimate of drug-likeness (QED) is 0.777. The molecule has 2 aromatic carbocycles. The van der Waals surface area contributed by atoms with Crippen LogP contribution in [0.4, 0.5) is 10.1 Å². The van der Waals surface area contributed by atoms with E-state index in [1.54, 1.807) is 25.2 Å². The molecule has 0 unspecified atom stereocenters. The van der Waals surface area contributed by atoms with E-state index in [0.29, 0.717) is 27.8 Å². The highest BCUT2D eigenvalue weighted by molar-refractivity contribution is 7.98. The average Bonchev–Trinajstić information content (AvgIpc) is 2.48. The van der Waals surface area contributed by atoms with Crippen LogP contribution in [0.3, 0.4) is 0 Å². The molecule has 0 spiro atoms. The Labute approximate surface area is 125 Å². The van der Waals surface area contributed by atoms with E-state index in [-0.39, 0.29) is 5.82 Å². The highest BCUT2D eigenvalue weighted by atomic mass is 35.5. The van der Waals surface area contributed by atoms with Crippen molar-refractivity contribution in [2.45, 2.75) is 4.90 Å². The molecule has 0 bridgehead atoms. The van der Waals surface area contributed by atoms with Gasteiger partial charge in [-0.3, -0.25) is 9.71 Å². The van der Waals surface area contributed by atoms with Crippen molar-refractivity contribution in [2.24, 2.45) is 4.99 Å². The summed E-state index contributed by atoms with van der Waals surface area (Å²) in [4.78, 5) is 4.95. The zero-order chi connectivity index (χ0) is 14.1. The van der Waals surface area contributed by atoms with Gasteiger partial charge in [0.05, 0.1) is 10.6 Å². The fraction of sp³-hybridized carbons (Fsp3) is 0.0714. The second-order valence-electron chi connectivity index (χ2n) is 4.18. The van der Waals surface area contributed by atoms with Crippen molar-refractivity contribution in [3.05, 3.63) is 47.2 Å². The topological polar surface area (TPSA) is 36.4 Å². The lowest BCUT2D eigenvalue weighted by Crippen LogP contribution is -2.29. The molecule has 20 heavy (non-hydrogen) atoms. The molecule has 0 radical (unpaired) electrons. The van der Waals surface area contributed by atoms with Gasteiger partial charge in [-0.2, -0.15) is 0 Å². The number of nitrogens with one attached hydrogen (secondary N) is 2. The van der Waals surface area contributed by atoms with Crippen molar-refractivity contribution in [1.29, 1.82) is 0 Å². The van der Waals surface area contributed by atoms with Crippen LogP contribution in [-0.2, 0) is 0 Å². The molecule has 2 aromatic rings. The van der Waals surface area contributed by atoms with E-state index in [4.69, 9.17) is 11.6 Å². The normalized spacial score (nSPS) is 15.4. The minimum Gasteiger partial charge on any atom is -0.324 e. The molecule has 102 valence electrons. The Balaban J connectivity index is 2.24. The molecule has 1 aliphatic rings. The summed E-state index contributed by atoms with van der Waals surface area (Å²) in [6.07, 6.45) is 0. The molecule has 6 heteroatoms. The Morgan fingerprint density at radius 2 is 2.00 bits per heavy atom. The van der Waals surface area contributed by atoms with Crippen LogP contribution in [0.25, 0.3) is 11.1 Å².